The van der Waals surface area contributed by atoms with Gasteiger partial charge in [-0.05, 0) is 44.9 Å². The first kappa shape index (κ1) is 44.3. The molecule has 0 aromatic carbocycles. The number of allylic oxidation sites excluding steroid dienone is 6. The van der Waals surface area contributed by atoms with E-state index in [1.807, 2.05) is 0 Å². The SMILES string of the molecule is [2H]C([2H])(OC(=O)CCCCCCCCCCCCCCCC)[C@@]([2H])(OC(=O)CCCCCCCCC/C=C\C/C=C\C/C=C\CC)C([2H])([2H])OP(=O)(O)OCC[N+](C)(C)C. The maximum Gasteiger partial charge on any atom is 0.472 e. The highest BCUT2D eigenvalue weighted by molar-refractivity contribution is 7.47. The van der Waals surface area contributed by atoms with Gasteiger partial charge < -0.3 is 18.9 Å². The number of quaternary nitrogens is 1. The van der Waals surface area contributed by atoms with Crippen LogP contribution in [0.1, 0.15) is 194 Å². The molecule has 0 aromatic heterocycles. The molecule has 10 heteroatoms. The van der Waals surface area contributed by atoms with Gasteiger partial charge in [0.05, 0.1) is 34.6 Å². The second-order valence-electron chi connectivity index (χ2n) is 15.5. The summed E-state index contributed by atoms with van der Waals surface area (Å²) in [5.74, 6) is -2.20. The van der Waals surface area contributed by atoms with Crippen LogP contribution in [-0.2, 0) is 32.7 Å². The van der Waals surface area contributed by atoms with Crippen LogP contribution in [-0.4, -0.2) is 74.8 Å². The summed E-state index contributed by atoms with van der Waals surface area (Å²) in [6.45, 7) is -3.15. The van der Waals surface area contributed by atoms with E-state index < -0.39 is 39.0 Å². The first-order valence-electron chi connectivity index (χ1n) is 24.2. The number of hydrogen-bond acceptors (Lipinski definition) is 7. The molecule has 55 heavy (non-hydrogen) atoms. The van der Waals surface area contributed by atoms with Gasteiger partial charge in [0.15, 0.2) is 6.08 Å². The van der Waals surface area contributed by atoms with Crippen LogP contribution >= 0.6 is 7.82 Å². The first-order chi connectivity index (χ1) is 28.3. The van der Waals surface area contributed by atoms with Gasteiger partial charge in [-0.2, -0.15) is 0 Å². The van der Waals surface area contributed by atoms with E-state index in [9.17, 15) is 19.0 Å². The molecule has 0 radical (unpaired) electrons. The molecule has 9 nitrogen and oxygen atoms in total. The van der Waals surface area contributed by atoms with Crippen molar-refractivity contribution in [3.63, 3.8) is 0 Å². The van der Waals surface area contributed by atoms with E-state index >= 15 is 0 Å². The number of nitrogens with zero attached hydrogens (tertiary/aromatic N) is 1. The van der Waals surface area contributed by atoms with Crippen LogP contribution in [0.2, 0.25) is 0 Å². The number of carbonyl (C=O) groups excluding carboxylic acids is 2. The number of likely N-dealkylation sites (N-methyl/N-ethyl adjacent to an activating group) is 1. The molecule has 0 saturated heterocycles. The third kappa shape index (κ3) is 41.7. The lowest BCUT2D eigenvalue weighted by Crippen LogP contribution is -2.37. The molecule has 0 heterocycles. The third-order valence-corrected chi connectivity index (χ3v) is 9.84. The van der Waals surface area contributed by atoms with Crippen LogP contribution in [0.5, 0.6) is 0 Å². The van der Waals surface area contributed by atoms with Crippen molar-refractivity contribution < 1.29 is 48.9 Å². The Morgan fingerprint density at radius 1 is 0.636 bits per heavy atom. The number of esters is 2. The molecule has 0 bridgehead atoms. The number of phosphoric acid groups is 1. The smallest absolute Gasteiger partial charge is 0.462 e. The van der Waals surface area contributed by atoms with E-state index in [4.69, 9.17) is 25.4 Å². The zero-order valence-electron chi connectivity index (χ0n) is 40.7. The molecule has 0 aliphatic carbocycles. The summed E-state index contributed by atoms with van der Waals surface area (Å²) in [6, 6.07) is 0. The minimum atomic E-state index is -5.26. The zero-order chi connectivity index (χ0) is 45.2. The van der Waals surface area contributed by atoms with Crippen LogP contribution in [0.3, 0.4) is 0 Å². The molecule has 0 saturated carbocycles. The van der Waals surface area contributed by atoms with Crippen molar-refractivity contribution in [2.75, 3.05) is 47.4 Å². The van der Waals surface area contributed by atoms with Crippen molar-refractivity contribution in [3.8, 4) is 0 Å². The molecule has 0 amide bonds. The second kappa shape index (κ2) is 37.8. The van der Waals surface area contributed by atoms with E-state index in [1.54, 1.807) is 21.1 Å². The number of hydrogen-bond donors (Lipinski definition) is 1. The third-order valence-electron chi connectivity index (χ3n) is 9.01. The molecule has 1 N–H and O–H groups in total. The largest absolute Gasteiger partial charge is 0.472 e. The van der Waals surface area contributed by atoms with Gasteiger partial charge in [-0.3, -0.25) is 18.6 Å². The van der Waals surface area contributed by atoms with Crippen molar-refractivity contribution in [2.24, 2.45) is 0 Å². The van der Waals surface area contributed by atoms with Crippen molar-refractivity contribution in [1.29, 1.82) is 0 Å². The molecule has 322 valence electrons. The number of unbranched alkanes of at least 4 members (excludes halogenated alkanes) is 20. The molecule has 0 aliphatic heterocycles. The summed E-state index contributed by atoms with van der Waals surface area (Å²) < 4.78 is 75.5. The fourth-order valence-electron chi connectivity index (χ4n) is 5.64. The van der Waals surface area contributed by atoms with Gasteiger partial charge in [0, 0.05) is 12.8 Å². The van der Waals surface area contributed by atoms with Gasteiger partial charge >= 0.3 is 19.8 Å². The summed E-state index contributed by atoms with van der Waals surface area (Å²) in [4.78, 5) is 36.2. The van der Waals surface area contributed by atoms with Gasteiger partial charge in [0.1, 0.15) is 19.7 Å². The van der Waals surface area contributed by atoms with E-state index in [-0.39, 0.29) is 26.0 Å². The molecule has 0 spiro atoms. The van der Waals surface area contributed by atoms with Gasteiger partial charge in [0.25, 0.3) is 0 Å². The number of ether oxygens (including phenoxy) is 2. The topological polar surface area (TPSA) is 108 Å². The van der Waals surface area contributed by atoms with Gasteiger partial charge in [0.2, 0.25) is 0 Å². The highest BCUT2D eigenvalue weighted by Crippen LogP contribution is 2.43. The Balaban J connectivity index is 5.05. The molecule has 0 fully saturated rings. The minimum absolute atomic E-state index is 0.205. The minimum Gasteiger partial charge on any atom is -0.462 e. The molecular weight excluding hydrogens is 713 g/mol. The van der Waals surface area contributed by atoms with Crippen molar-refractivity contribution in [1.82, 2.24) is 0 Å². The van der Waals surface area contributed by atoms with Crippen molar-refractivity contribution >= 4 is 19.8 Å². The first-order valence-corrected chi connectivity index (χ1v) is 23.2. The van der Waals surface area contributed by atoms with Crippen LogP contribution in [0.15, 0.2) is 36.5 Å². The lowest BCUT2D eigenvalue weighted by molar-refractivity contribution is -0.870. The van der Waals surface area contributed by atoms with E-state index in [0.29, 0.717) is 30.2 Å². The summed E-state index contributed by atoms with van der Waals surface area (Å²) in [6.07, 6.45) is 34.4. The fourth-order valence-corrected chi connectivity index (χ4v) is 6.21. The normalized spacial score (nSPS) is 16.4. The Bertz CT molecular complexity index is 1260. The Morgan fingerprint density at radius 2 is 1.09 bits per heavy atom. The van der Waals surface area contributed by atoms with Crippen LogP contribution in [0.25, 0.3) is 0 Å². The Morgan fingerprint density at radius 3 is 1.60 bits per heavy atom. The average molecular weight is 804 g/mol. The monoisotopic (exact) mass is 804 g/mol. The molecule has 1 unspecified atom stereocenters. The quantitative estimate of drug-likeness (QED) is 0.0214. The van der Waals surface area contributed by atoms with Crippen LogP contribution in [0.4, 0.5) is 0 Å². The Hall–Kier alpha value is -1.77. The lowest BCUT2D eigenvalue weighted by Gasteiger charge is -2.24. The standard InChI is InChI=1S/C45H84NO8P/c1-6-8-10-12-14-16-18-20-22-23-24-26-28-30-32-34-36-38-45(48)54-43(42-53-55(49,50)52-40-39-46(3,4)5)41-51-44(47)37-35-33-31-29-27-25-21-19-17-15-13-11-9-7-2/h8,10,14,16,20,22,43H,6-7,9,11-13,15,17-19,21,23-42H2,1-5H3/p+1/b10-8-,16-14-,22-20-/t43-/m1/s1/i41D2,42D2,43D. The maximum atomic E-state index is 13.0. The van der Waals surface area contributed by atoms with Gasteiger partial charge in [-0.15, -0.1) is 0 Å². The summed E-state index contributed by atoms with van der Waals surface area (Å²) in [7, 11) is 0.150. The molecule has 0 rings (SSSR count). The highest BCUT2D eigenvalue weighted by Gasteiger charge is 2.27. The van der Waals surface area contributed by atoms with Crippen molar-refractivity contribution in [2.45, 2.75) is 193 Å². The number of carbonyl (C=O) groups is 2. The van der Waals surface area contributed by atoms with Gasteiger partial charge in [-0.1, -0.05) is 166 Å². The van der Waals surface area contributed by atoms with Crippen LogP contribution in [0, 0.1) is 0 Å². The number of phosphoric ester groups is 1. The van der Waals surface area contributed by atoms with E-state index in [1.165, 1.54) is 57.8 Å². The van der Waals surface area contributed by atoms with E-state index in [2.05, 4.69) is 50.3 Å². The molecule has 0 aromatic rings. The zero-order valence-corrected chi connectivity index (χ0v) is 36.6. The summed E-state index contributed by atoms with van der Waals surface area (Å²) in [5, 5.41) is 0. The summed E-state index contributed by atoms with van der Waals surface area (Å²) in [5.41, 5.74) is 0. The fraction of sp³-hybridized carbons (Fsp3) is 0.822. The predicted octanol–water partition coefficient (Wildman–Crippen LogP) is 12.5. The Labute approximate surface area is 345 Å². The molecular formula is C45H85NO8P+. The summed E-state index contributed by atoms with van der Waals surface area (Å²) >= 11 is 0. The average Bonchev–Trinajstić information content (AvgIpc) is 3.14. The van der Waals surface area contributed by atoms with Gasteiger partial charge in [-0.25, -0.2) is 4.57 Å². The second-order valence-corrected chi connectivity index (χ2v) is 16.9. The highest BCUT2D eigenvalue weighted by atomic mass is 31.2. The van der Waals surface area contributed by atoms with Crippen LogP contribution < -0.4 is 0 Å². The lowest BCUT2D eigenvalue weighted by atomic mass is 10.0. The predicted molar refractivity (Wildman–Crippen MR) is 229 cm³/mol. The Kier molecular flexibility index (Phi) is 30.5. The number of rotatable bonds is 40. The maximum absolute atomic E-state index is 13.0. The van der Waals surface area contributed by atoms with Crippen molar-refractivity contribution in [3.05, 3.63) is 36.5 Å². The van der Waals surface area contributed by atoms with E-state index in [0.717, 1.165) is 77.0 Å². The molecule has 0 aliphatic rings. The molecule has 2 atom stereocenters.